The van der Waals surface area contributed by atoms with Crippen LogP contribution in [0.3, 0.4) is 0 Å². The van der Waals surface area contributed by atoms with Crippen LogP contribution < -0.4 is 4.90 Å². The fourth-order valence-electron chi connectivity index (χ4n) is 4.39. The van der Waals surface area contributed by atoms with Crippen LogP contribution in [0.1, 0.15) is 36.3 Å². The van der Waals surface area contributed by atoms with Crippen molar-refractivity contribution in [3.8, 4) is 0 Å². The first-order valence-corrected chi connectivity index (χ1v) is 13.9. The number of hydrogen-bond acceptors (Lipinski definition) is 7. The molecule has 0 N–H and O–H groups in total. The Bertz CT molecular complexity index is 1270. The monoisotopic (exact) mass is 498 g/mol. The molecule has 0 radical (unpaired) electrons. The topological polar surface area (TPSA) is 96.6 Å². The van der Waals surface area contributed by atoms with Crippen molar-refractivity contribution < 1.29 is 17.6 Å². The summed E-state index contributed by atoms with van der Waals surface area (Å²) < 4.78 is 33.2. The van der Waals surface area contributed by atoms with Crippen LogP contribution in [-0.2, 0) is 27.7 Å². The van der Waals surface area contributed by atoms with Gasteiger partial charge in [-0.1, -0.05) is 48.5 Å². The predicted octanol–water partition coefficient (Wildman–Crippen LogP) is 3.52. The summed E-state index contributed by atoms with van der Waals surface area (Å²) in [6.45, 7) is 1.68. The Morgan fingerprint density at radius 1 is 1.00 bits per heavy atom. The Hall–Kier alpha value is -2.69. The van der Waals surface area contributed by atoms with E-state index in [4.69, 9.17) is 4.42 Å². The Morgan fingerprint density at radius 3 is 2.59 bits per heavy atom. The zero-order valence-corrected chi connectivity index (χ0v) is 20.4. The van der Waals surface area contributed by atoms with Crippen LogP contribution >= 0.6 is 11.8 Å². The molecule has 0 spiro atoms. The van der Waals surface area contributed by atoms with Gasteiger partial charge < -0.3 is 9.32 Å². The maximum absolute atomic E-state index is 13.0. The number of fused-ring (bicyclic) bond motifs is 1. The van der Waals surface area contributed by atoms with E-state index in [1.807, 2.05) is 30.3 Å². The molecule has 178 valence electrons. The van der Waals surface area contributed by atoms with Crippen LogP contribution in [-0.4, -0.2) is 54.2 Å². The molecule has 1 amide bonds. The molecule has 0 unspecified atom stereocenters. The quantitative estimate of drug-likeness (QED) is 0.460. The third-order valence-corrected chi connectivity index (χ3v) is 8.86. The van der Waals surface area contributed by atoms with Crippen molar-refractivity contribution >= 4 is 33.4 Å². The fourth-order valence-corrected chi connectivity index (χ4v) is 6.62. The van der Waals surface area contributed by atoms with Crippen molar-refractivity contribution in [3.05, 3.63) is 65.5 Å². The number of hydrogen-bond donors (Lipinski definition) is 0. The molecule has 2 aromatic carbocycles. The van der Waals surface area contributed by atoms with Gasteiger partial charge in [0.1, 0.15) is 0 Å². The number of carbonyl (C=O) groups excluding carboxylic acids is 1. The number of thioether (sulfide) groups is 1. The summed E-state index contributed by atoms with van der Waals surface area (Å²) in [6, 6.07) is 15.0. The van der Waals surface area contributed by atoms with Gasteiger partial charge in [-0.25, -0.2) is 8.42 Å². The van der Waals surface area contributed by atoms with Crippen LogP contribution in [0.4, 0.5) is 5.69 Å². The van der Waals surface area contributed by atoms with E-state index >= 15 is 0 Å². The number of aromatic nitrogens is 2. The highest BCUT2D eigenvalue weighted by atomic mass is 32.2. The summed E-state index contributed by atoms with van der Waals surface area (Å²) in [5.74, 6) is 0.605. The maximum Gasteiger partial charge on any atom is 0.277 e. The average molecular weight is 499 g/mol. The van der Waals surface area contributed by atoms with E-state index < -0.39 is 10.0 Å². The van der Waals surface area contributed by atoms with Crippen molar-refractivity contribution in [1.29, 1.82) is 0 Å². The number of amides is 1. The molecule has 3 aromatic rings. The summed E-state index contributed by atoms with van der Waals surface area (Å²) in [5, 5.41) is 8.48. The second-order valence-electron chi connectivity index (χ2n) is 8.46. The molecule has 0 atom stereocenters. The number of anilines is 1. The van der Waals surface area contributed by atoms with Gasteiger partial charge in [-0.05, 0) is 48.6 Å². The molecule has 8 nitrogen and oxygen atoms in total. The highest BCUT2D eigenvalue weighted by Gasteiger charge is 2.30. The zero-order chi connectivity index (χ0) is 23.5. The fraction of sp³-hybridized carbons (Fsp3) is 0.375. The molecule has 2 aliphatic rings. The molecule has 1 aromatic heterocycles. The summed E-state index contributed by atoms with van der Waals surface area (Å²) >= 11 is 1.21. The van der Waals surface area contributed by atoms with Gasteiger partial charge in [-0.15, -0.1) is 10.2 Å². The van der Waals surface area contributed by atoms with Crippen molar-refractivity contribution in [2.75, 3.05) is 30.3 Å². The summed E-state index contributed by atoms with van der Waals surface area (Å²) in [4.78, 5) is 14.9. The lowest BCUT2D eigenvalue weighted by molar-refractivity contribution is -0.116. The standard InChI is InChI=1S/C24H26N4O4S2/c29-23(17-33-24-26-25-22(32-24)15-18-7-3-1-4-8-18)28-14-11-19-16-20(9-10-21(19)28)34(30,31)27-12-5-2-6-13-27/h1,3-4,7-10,16H,2,5-6,11-15,17H2. The largest absolute Gasteiger partial charge is 0.416 e. The van der Waals surface area contributed by atoms with Gasteiger partial charge in [-0.3, -0.25) is 4.79 Å². The Morgan fingerprint density at radius 2 is 1.79 bits per heavy atom. The zero-order valence-electron chi connectivity index (χ0n) is 18.7. The van der Waals surface area contributed by atoms with Crippen LogP contribution in [0.5, 0.6) is 0 Å². The van der Waals surface area contributed by atoms with Crippen LogP contribution in [0, 0.1) is 0 Å². The normalized spacial score (nSPS) is 16.5. The minimum absolute atomic E-state index is 0.0711. The maximum atomic E-state index is 13.0. The van der Waals surface area contributed by atoms with Gasteiger partial charge in [-0.2, -0.15) is 4.31 Å². The number of benzene rings is 2. The number of nitrogens with zero attached hydrogens (tertiary/aromatic N) is 4. The molecule has 0 bridgehead atoms. The highest BCUT2D eigenvalue weighted by Crippen LogP contribution is 2.32. The minimum atomic E-state index is -3.49. The summed E-state index contributed by atoms with van der Waals surface area (Å²) in [6.07, 6.45) is 4.06. The average Bonchev–Trinajstić information content (AvgIpc) is 3.50. The van der Waals surface area contributed by atoms with E-state index in [0.29, 0.717) is 48.5 Å². The van der Waals surface area contributed by atoms with Crippen molar-refractivity contribution in [2.24, 2.45) is 0 Å². The van der Waals surface area contributed by atoms with E-state index in [2.05, 4.69) is 10.2 Å². The first-order chi connectivity index (χ1) is 16.5. The summed E-state index contributed by atoms with van der Waals surface area (Å²) in [5.41, 5.74) is 2.74. The molecule has 5 rings (SSSR count). The molecule has 0 aliphatic carbocycles. The second-order valence-corrected chi connectivity index (χ2v) is 11.3. The van der Waals surface area contributed by atoms with E-state index in [9.17, 15) is 13.2 Å². The third-order valence-electron chi connectivity index (χ3n) is 6.17. The Balaban J connectivity index is 1.21. The molecule has 10 heteroatoms. The SMILES string of the molecule is O=C(CSc1nnc(Cc2ccccc2)o1)N1CCc2cc(S(=O)(=O)N3CCCCC3)ccc21. The highest BCUT2D eigenvalue weighted by molar-refractivity contribution is 7.99. The molecular formula is C24H26N4O4S2. The van der Waals surface area contributed by atoms with Crippen molar-refractivity contribution in [3.63, 3.8) is 0 Å². The third kappa shape index (κ3) is 4.89. The first kappa shape index (κ1) is 23.1. The molecular weight excluding hydrogens is 472 g/mol. The van der Waals surface area contributed by atoms with Crippen molar-refractivity contribution in [1.82, 2.24) is 14.5 Å². The molecule has 1 fully saturated rings. The van der Waals surface area contributed by atoms with Gasteiger partial charge in [0, 0.05) is 25.3 Å². The van der Waals surface area contributed by atoms with Gasteiger partial charge in [0.2, 0.25) is 21.8 Å². The van der Waals surface area contributed by atoms with Gasteiger partial charge in [0.25, 0.3) is 5.22 Å². The second kappa shape index (κ2) is 9.89. The first-order valence-electron chi connectivity index (χ1n) is 11.4. The van der Waals surface area contributed by atoms with Gasteiger partial charge >= 0.3 is 0 Å². The lowest BCUT2D eigenvalue weighted by Crippen LogP contribution is -2.35. The molecule has 3 heterocycles. The smallest absolute Gasteiger partial charge is 0.277 e. The molecule has 0 saturated carbocycles. The van der Waals surface area contributed by atoms with E-state index in [-0.39, 0.29) is 11.7 Å². The molecule has 1 saturated heterocycles. The van der Waals surface area contributed by atoms with Gasteiger partial charge in [0.15, 0.2) is 0 Å². The summed E-state index contributed by atoms with van der Waals surface area (Å²) in [7, 11) is -3.49. The number of rotatable bonds is 7. The predicted molar refractivity (Wildman–Crippen MR) is 129 cm³/mol. The molecule has 34 heavy (non-hydrogen) atoms. The Kier molecular flexibility index (Phi) is 6.71. The van der Waals surface area contributed by atoms with Crippen molar-refractivity contribution in [2.45, 2.75) is 42.2 Å². The lowest BCUT2D eigenvalue weighted by atomic mass is 10.2. The van der Waals surface area contributed by atoms with Gasteiger partial charge in [0.05, 0.1) is 17.1 Å². The number of carbonyl (C=O) groups is 1. The van der Waals surface area contributed by atoms with E-state index in [1.165, 1.54) is 11.8 Å². The van der Waals surface area contributed by atoms with Crippen LogP contribution in [0.15, 0.2) is 63.1 Å². The van der Waals surface area contributed by atoms with E-state index in [0.717, 1.165) is 36.1 Å². The lowest BCUT2D eigenvalue weighted by Gasteiger charge is -2.26. The van der Waals surface area contributed by atoms with Crippen LogP contribution in [0.25, 0.3) is 0 Å². The number of piperidine rings is 1. The minimum Gasteiger partial charge on any atom is -0.416 e. The molecule has 2 aliphatic heterocycles. The van der Waals surface area contributed by atoms with E-state index in [1.54, 1.807) is 27.4 Å². The number of sulfonamides is 1. The Labute approximate surface area is 203 Å². The van der Waals surface area contributed by atoms with Crippen LogP contribution in [0.2, 0.25) is 0 Å².